The van der Waals surface area contributed by atoms with E-state index < -0.39 is 0 Å². The standard InChI is InChI=1S/C13H17O/c14-13-9-5-4-8-12(13)10-11-6-2-1-3-7-11/h1-2,6-7,12-14H,4-5,8-10H2. The van der Waals surface area contributed by atoms with Crippen molar-refractivity contribution < 1.29 is 5.11 Å². The van der Waals surface area contributed by atoms with Gasteiger partial charge in [-0.3, -0.25) is 0 Å². The molecular formula is C13H17O. The third kappa shape index (κ3) is 2.36. The average Bonchev–Trinajstić information content (AvgIpc) is 2.23. The molecule has 1 heteroatoms. The minimum absolute atomic E-state index is 0.0797. The molecule has 0 amide bonds. The predicted molar refractivity (Wildman–Crippen MR) is 56.9 cm³/mol. The molecule has 1 radical (unpaired) electrons. The van der Waals surface area contributed by atoms with Crippen LogP contribution in [-0.4, -0.2) is 11.2 Å². The fourth-order valence-corrected chi connectivity index (χ4v) is 2.29. The van der Waals surface area contributed by atoms with E-state index in [4.69, 9.17) is 0 Å². The van der Waals surface area contributed by atoms with Gasteiger partial charge in [0.1, 0.15) is 0 Å². The Labute approximate surface area is 85.8 Å². The second-order valence-corrected chi connectivity index (χ2v) is 4.23. The molecule has 1 saturated carbocycles. The fraction of sp³-hybridized carbons (Fsp3) is 0.538. The number of hydrogen-bond acceptors (Lipinski definition) is 1. The minimum atomic E-state index is -0.0797. The Bertz CT molecular complexity index is 268. The molecule has 0 spiro atoms. The summed E-state index contributed by atoms with van der Waals surface area (Å²) < 4.78 is 0. The van der Waals surface area contributed by atoms with Crippen LogP contribution in [0.5, 0.6) is 0 Å². The molecule has 2 rings (SSSR count). The van der Waals surface area contributed by atoms with Crippen LogP contribution in [0.1, 0.15) is 31.2 Å². The van der Waals surface area contributed by atoms with Gasteiger partial charge in [-0.2, -0.15) is 0 Å². The van der Waals surface area contributed by atoms with E-state index >= 15 is 0 Å². The Morgan fingerprint density at radius 1 is 1.36 bits per heavy atom. The molecule has 0 aromatic heterocycles. The highest BCUT2D eigenvalue weighted by atomic mass is 16.3. The maximum Gasteiger partial charge on any atom is 0.0571 e. The number of benzene rings is 1. The van der Waals surface area contributed by atoms with Crippen LogP contribution in [0, 0.1) is 12.0 Å². The lowest BCUT2D eigenvalue weighted by Gasteiger charge is -2.27. The Kier molecular flexibility index (Phi) is 3.20. The molecule has 75 valence electrons. The molecular weight excluding hydrogens is 172 g/mol. The summed E-state index contributed by atoms with van der Waals surface area (Å²) in [7, 11) is 0. The Morgan fingerprint density at radius 2 is 2.21 bits per heavy atom. The van der Waals surface area contributed by atoms with E-state index in [2.05, 4.69) is 12.1 Å². The zero-order valence-corrected chi connectivity index (χ0v) is 8.45. The van der Waals surface area contributed by atoms with Gasteiger partial charge in [-0.25, -0.2) is 0 Å². The minimum Gasteiger partial charge on any atom is -0.393 e. The molecule has 1 aromatic carbocycles. The first-order chi connectivity index (χ1) is 6.86. The first kappa shape index (κ1) is 9.72. The molecule has 0 heterocycles. The van der Waals surface area contributed by atoms with Crippen molar-refractivity contribution in [3.63, 3.8) is 0 Å². The average molecular weight is 189 g/mol. The van der Waals surface area contributed by atoms with Crippen molar-refractivity contribution in [2.45, 2.75) is 38.2 Å². The second kappa shape index (κ2) is 4.61. The van der Waals surface area contributed by atoms with Crippen LogP contribution in [0.2, 0.25) is 0 Å². The third-order valence-corrected chi connectivity index (χ3v) is 3.14. The molecule has 0 aliphatic heterocycles. The molecule has 0 bridgehead atoms. The highest BCUT2D eigenvalue weighted by Gasteiger charge is 2.22. The fourth-order valence-electron chi connectivity index (χ4n) is 2.29. The van der Waals surface area contributed by atoms with Crippen molar-refractivity contribution >= 4 is 0 Å². The van der Waals surface area contributed by atoms with Gasteiger partial charge in [-0.1, -0.05) is 37.1 Å². The van der Waals surface area contributed by atoms with Crippen molar-refractivity contribution in [1.82, 2.24) is 0 Å². The molecule has 1 aromatic rings. The molecule has 1 fully saturated rings. The van der Waals surface area contributed by atoms with Crippen LogP contribution in [0.15, 0.2) is 24.3 Å². The van der Waals surface area contributed by atoms with E-state index in [-0.39, 0.29) is 6.10 Å². The third-order valence-electron chi connectivity index (χ3n) is 3.14. The van der Waals surface area contributed by atoms with Gasteiger partial charge >= 0.3 is 0 Å². The van der Waals surface area contributed by atoms with Crippen LogP contribution in [0.4, 0.5) is 0 Å². The lowest BCUT2D eigenvalue weighted by Crippen LogP contribution is -2.26. The van der Waals surface area contributed by atoms with E-state index in [9.17, 15) is 5.11 Å². The number of hydrogen-bond donors (Lipinski definition) is 1. The van der Waals surface area contributed by atoms with Gasteiger partial charge in [0.25, 0.3) is 0 Å². The van der Waals surface area contributed by atoms with Crippen LogP contribution in [-0.2, 0) is 6.42 Å². The lowest BCUT2D eigenvalue weighted by atomic mass is 9.82. The summed E-state index contributed by atoms with van der Waals surface area (Å²) in [6.07, 6.45) is 5.57. The number of aliphatic hydroxyl groups is 1. The van der Waals surface area contributed by atoms with Gasteiger partial charge in [-0.05, 0) is 36.8 Å². The van der Waals surface area contributed by atoms with Crippen LogP contribution >= 0.6 is 0 Å². The summed E-state index contributed by atoms with van der Waals surface area (Å²) in [5.74, 6) is 0.472. The summed E-state index contributed by atoms with van der Waals surface area (Å²) in [6.45, 7) is 0. The first-order valence-electron chi connectivity index (χ1n) is 5.49. The maximum atomic E-state index is 9.82. The van der Waals surface area contributed by atoms with Gasteiger partial charge < -0.3 is 5.11 Å². The normalized spacial score (nSPS) is 27.5. The molecule has 1 nitrogen and oxygen atoms in total. The van der Waals surface area contributed by atoms with Crippen molar-refractivity contribution in [3.8, 4) is 0 Å². The summed E-state index contributed by atoms with van der Waals surface area (Å²) in [5.41, 5.74) is 1.30. The van der Waals surface area contributed by atoms with Crippen molar-refractivity contribution in [2.24, 2.45) is 5.92 Å². The molecule has 0 saturated heterocycles. The molecule has 2 atom stereocenters. The molecule has 1 aliphatic carbocycles. The highest BCUT2D eigenvalue weighted by molar-refractivity contribution is 5.14. The summed E-state index contributed by atoms with van der Waals surface area (Å²) in [5, 5.41) is 9.82. The molecule has 2 unspecified atom stereocenters. The van der Waals surface area contributed by atoms with Crippen LogP contribution < -0.4 is 0 Å². The topological polar surface area (TPSA) is 20.2 Å². The van der Waals surface area contributed by atoms with E-state index in [0.29, 0.717) is 5.92 Å². The quantitative estimate of drug-likeness (QED) is 0.758. The first-order valence-corrected chi connectivity index (χ1v) is 5.49. The van der Waals surface area contributed by atoms with Gasteiger partial charge in [0.15, 0.2) is 0 Å². The molecule has 1 N–H and O–H groups in total. The Balaban J connectivity index is 1.96. The molecule has 14 heavy (non-hydrogen) atoms. The van der Waals surface area contributed by atoms with Gasteiger partial charge in [0, 0.05) is 0 Å². The van der Waals surface area contributed by atoms with E-state index in [1.807, 2.05) is 18.2 Å². The number of rotatable bonds is 2. The summed E-state index contributed by atoms with van der Waals surface area (Å²) >= 11 is 0. The number of aliphatic hydroxyl groups excluding tert-OH is 1. The zero-order chi connectivity index (χ0) is 9.80. The van der Waals surface area contributed by atoms with E-state index in [0.717, 1.165) is 12.8 Å². The molecule has 1 aliphatic rings. The van der Waals surface area contributed by atoms with Crippen LogP contribution in [0.25, 0.3) is 0 Å². The van der Waals surface area contributed by atoms with Gasteiger partial charge in [-0.15, -0.1) is 0 Å². The van der Waals surface area contributed by atoms with Crippen molar-refractivity contribution in [3.05, 3.63) is 35.9 Å². The monoisotopic (exact) mass is 189 g/mol. The largest absolute Gasteiger partial charge is 0.393 e. The van der Waals surface area contributed by atoms with Gasteiger partial charge in [0.05, 0.1) is 6.10 Å². The summed E-state index contributed by atoms with van der Waals surface area (Å²) in [4.78, 5) is 0. The SMILES string of the molecule is OC1CCCCC1Cc1c[c]ccc1. The maximum absolute atomic E-state index is 9.82. The summed E-state index contributed by atoms with van der Waals surface area (Å²) in [6, 6.07) is 11.2. The van der Waals surface area contributed by atoms with E-state index in [1.165, 1.54) is 24.8 Å². The predicted octanol–water partition coefficient (Wildman–Crippen LogP) is 2.58. The lowest BCUT2D eigenvalue weighted by molar-refractivity contribution is 0.0700. The van der Waals surface area contributed by atoms with Crippen molar-refractivity contribution in [2.75, 3.05) is 0 Å². The Hall–Kier alpha value is -0.820. The zero-order valence-electron chi connectivity index (χ0n) is 8.45. The van der Waals surface area contributed by atoms with Crippen molar-refractivity contribution in [1.29, 1.82) is 0 Å². The second-order valence-electron chi connectivity index (χ2n) is 4.23. The Morgan fingerprint density at radius 3 is 2.93 bits per heavy atom. The highest BCUT2D eigenvalue weighted by Crippen LogP contribution is 2.27. The smallest absolute Gasteiger partial charge is 0.0571 e. The van der Waals surface area contributed by atoms with Gasteiger partial charge in [0.2, 0.25) is 0 Å². The van der Waals surface area contributed by atoms with Crippen LogP contribution in [0.3, 0.4) is 0 Å². The van der Waals surface area contributed by atoms with E-state index in [1.54, 1.807) is 0 Å².